The molecule has 0 saturated carbocycles. The first-order valence-corrected chi connectivity index (χ1v) is 9.02. The third kappa shape index (κ3) is 2.88. The van der Waals surface area contributed by atoms with Crippen LogP contribution in [0.25, 0.3) is 21.3 Å². The summed E-state index contributed by atoms with van der Waals surface area (Å²) in [6.07, 6.45) is -3.48. The Morgan fingerprint density at radius 2 is 2.04 bits per heavy atom. The molecule has 3 N–H and O–H groups in total. The Labute approximate surface area is 143 Å². The molecular formula is C14H9F3N4O2S2. The lowest BCUT2D eigenvalue weighted by atomic mass is 10.0. The smallest absolute Gasteiger partial charge is 0.359 e. The zero-order valence-electron chi connectivity index (χ0n) is 12.5. The van der Waals surface area contributed by atoms with Crippen LogP contribution in [0.5, 0.6) is 0 Å². The number of aromatic amines is 1. The summed E-state index contributed by atoms with van der Waals surface area (Å²) in [7, 11) is -4.39. The molecule has 25 heavy (non-hydrogen) atoms. The molecular weight excluding hydrogens is 377 g/mol. The van der Waals surface area contributed by atoms with Gasteiger partial charge in [0.15, 0.2) is 5.69 Å². The summed E-state index contributed by atoms with van der Waals surface area (Å²) in [5.41, 5.74) is 0.0358. The number of hydrogen-bond acceptors (Lipinski definition) is 5. The lowest BCUT2D eigenvalue weighted by Crippen LogP contribution is -2.13. The minimum Gasteiger partial charge on any atom is -0.359 e. The van der Waals surface area contributed by atoms with Crippen LogP contribution in [0.4, 0.5) is 13.2 Å². The van der Waals surface area contributed by atoms with Crippen molar-refractivity contribution in [3.05, 3.63) is 35.2 Å². The molecule has 2 aromatic heterocycles. The number of nitrogens with two attached hydrogens (primary N) is 1. The molecule has 0 bridgehead atoms. The van der Waals surface area contributed by atoms with Gasteiger partial charge in [-0.25, -0.2) is 18.5 Å². The van der Waals surface area contributed by atoms with E-state index in [1.807, 2.05) is 6.07 Å². The monoisotopic (exact) mass is 386 g/mol. The van der Waals surface area contributed by atoms with Gasteiger partial charge in [-0.05, 0) is 12.5 Å². The van der Waals surface area contributed by atoms with Gasteiger partial charge < -0.3 is 4.98 Å². The second kappa shape index (κ2) is 5.55. The molecule has 3 rings (SSSR count). The summed E-state index contributed by atoms with van der Waals surface area (Å²) in [6.45, 7) is 1.72. The van der Waals surface area contributed by atoms with E-state index in [4.69, 9.17) is 10.4 Å². The number of benzene rings is 1. The third-order valence-corrected chi connectivity index (χ3v) is 5.94. The number of nitrogens with one attached hydrogen (secondary N) is 1. The largest absolute Gasteiger partial charge is 0.434 e. The van der Waals surface area contributed by atoms with Gasteiger partial charge in [0.1, 0.15) is 6.07 Å². The predicted molar refractivity (Wildman–Crippen MR) is 85.2 cm³/mol. The number of primary sulfonamides is 1. The van der Waals surface area contributed by atoms with Crippen molar-refractivity contribution < 1.29 is 21.6 Å². The van der Waals surface area contributed by atoms with E-state index in [1.165, 1.54) is 12.3 Å². The number of alkyl halides is 3. The quantitative estimate of drug-likeness (QED) is 0.704. The van der Waals surface area contributed by atoms with Gasteiger partial charge in [-0.1, -0.05) is 12.1 Å². The van der Waals surface area contributed by atoms with Crippen molar-refractivity contribution >= 4 is 32.3 Å². The summed E-state index contributed by atoms with van der Waals surface area (Å²) in [5, 5.41) is 14.5. The fourth-order valence-electron chi connectivity index (χ4n) is 2.49. The van der Waals surface area contributed by atoms with E-state index in [2.05, 4.69) is 9.97 Å². The first-order chi connectivity index (χ1) is 11.5. The zero-order valence-corrected chi connectivity index (χ0v) is 14.1. The maximum absolute atomic E-state index is 13.3. The van der Waals surface area contributed by atoms with Crippen LogP contribution in [0.3, 0.4) is 0 Å². The van der Waals surface area contributed by atoms with Gasteiger partial charge in [-0.2, -0.15) is 18.4 Å². The second-order valence-electron chi connectivity index (χ2n) is 5.19. The Morgan fingerprint density at radius 3 is 2.60 bits per heavy atom. The molecule has 0 fully saturated rings. The summed E-state index contributed by atoms with van der Waals surface area (Å²) in [4.78, 5) is 5.59. The van der Waals surface area contributed by atoms with Crippen LogP contribution in [0, 0.1) is 18.3 Å². The molecule has 0 atom stereocenters. The number of thiazole rings is 1. The maximum Gasteiger partial charge on any atom is 0.434 e. The number of hydrogen-bond donors (Lipinski definition) is 2. The van der Waals surface area contributed by atoms with Crippen LogP contribution in [-0.4, -0.2) is 18.4 Å². The summed E-state index contributed by atoms with van der Waals surface area (Å²) < 4.78 is 62.0. The molecule has 2 heterocycles. The highest BCUT2D eigenvalue weighted by molar-refractivity contribution is 7.91. The highest BCUT2D eigenvalue weighted by Crippen LogP contribution is 2.43. The highest BCUT2D eigenvalue weighted by Gasteiger charge is 2.39. The molecule has 0 unspecified atom stereocenters. The van der Waals surface area contributed by atoms with Crippen molar-refractivity contribution in [3.8, 4) is 16.5 Å². The predicted octanol–water partition coefficient (Wildman–Crippen LogP) is 3.14. The molecule has 3 aromatic rings. The molecule has 0 aliphatic rings. The standard InChI is InChI=1S/C14H9F3N4O2S2/c1-6-2-3-8(10-9(6)7(4-18)5-20-10)11-12(14(15,16)17)21-13(24-11)25(19,22)23/h2-3,5,20H,1H3,(H2,19,22,23). The SMILES string of the molecule is Cc1ccc(-c2sc(S(N)(=O)=O)nc2C(F)(F)F)c2[nH]cc(C#N)c12. The van der Waals surface area contributed by atoms with Gasteiger partial charge in [-0.3, -0.25) is 0 Å². The van der Waals surface area contributed by atoms with Crippen molar-refractivity contribution in [2.75, 3.05) is 0 Å². The van der Waals surface area contributed by atoms with Gasteiger partial charge in [-0.15, -0.1) is 11.3 Å². The summed E-state index contributed by atoms with van der Waals surface area (Å²) in [6, 6.07) is 4.94. The molecule has 1 aromatic carbocycles. The molecule has 0 aliphatic carbocycles. The average molecular weight is 386 g/mol. The van der Waals surface area contributed by atoms with Crippen LogP contribution < -0.4 is 5.14 Å². The van der Waals surface area contributed by atoms with E-state index in [-0.39, 0.29) is 16.0 Å². The molecule has 130 valence electrons. The molecule has 0 amide bonds. The number of nitrogens with zero attached hydrogens (tertiary/aromatic N) is 2. The highest BCUT2D eigenvalue weighted by atomic mass is 32.2. The minimum absolute atomic E-state index is 0.0989. The van der Waals surface area contributed by atoms with Gasteiger partial charge in [0.05, 0.1) is 16.0 Å². The van der Waals surface area contributed by atoms with E-state index in [9.17, 15) is 21.6 Å². The van der Waals surface area contributed by atoms with Crippen LogP contribution in [0.2, 0.25) is 0 Å². The Morgan fingerprint density at radius 1 is 1.36 bits per heavy atom. The molecule has 0 saturated heterocycles. The normalized spacial score (nSPS) is 12.5. The van der Waals surface area contributed by atoms with Crippen LogP contribution >= 0.6 is 11.3 Å². The Balaban J connectivity index is 2.40. The van der Waals surface area contributed by atoms with Crippen molar-refractivity contribution in [2.45, 2.75) is 17.4 Å². The van der Waals surface area contributed by atoms with Gasteiger partial charge in [0.25, 0.3) is 10.0 Å². The first-order valence-electron chi connectivity index (χ1n) is 6.66. The number of halogens is 3. The average Bonchev–Trinajstić information content (AvgIpc) is 3.11. The van der Waals surface area contributed by atoms with Gasteiger partial charge in [0, 0.05) is 17.1 Å². The fraction of sp³-hybridized carbons (Fsp3) is 0.143. The molecule has 0 spiro atoms. The molecule has 6 nitrogen and oxygen atoms in total. The van der Waals surface area contributed by atoms with Crippen molar-refractivity contribution in [2.24, 2.45) is 5.14 Å². The zero-order chi connectivity index (χ0) is 18.6. The minimum atomic E-state index is -4.86. The second-order valence-corrected chi connectivity index (χ2v) is 7.93. The van der Waals surface area contributed by atoms with E-state index in [0.29, 0.717) is 27.8 Å². The number of H-pyrrole nitrogens is 1. The number of aromatic nitrogens is 2. The van der Waals surface area contributed by atoms with E-state index < -0.39 is 26.2 Å². The van der Waals surface area contributed by atoms with E-state index in [1.54, 1.807) is 13.0 Å². The van der Waals surface area contributed by atoms with Gasteiger partial charge in [0.2, 0.25) is 4.34 Å². The third-order valence-electron chi connectivity index (χ3n) is 3.53. The Kier molecular flexibility index (Phi) is 3.86. The number of fused-ring (bicyclic) bond motifs is 1. The number of rotatable bonds is 2. The van der Waals surface area contributed by atoms with Crippen LogP contribution in [0.15, 0.2) is 22.7 Å². The Hall–Kier alpha value is -2.42. The van der Waals surface area contributed by atoms with Crippen molar-refractivity contribution in [1.29, 1.82) is 5.26 Å². The summed E-state index contributed by atoms with van der Waals surface area (Å²) >= 11 is 0.337. The Bertz CT molecular complexity index is 1140. The number of sulfonamides is 1. The van der Waals surface area contributed by atoms with Crippen molar-refractivity contribution in [3.63, 3.8) is 0 Å². The lowest BCUT2D eigenvalue weighted by molar-refractivity contribution is -0.140. The van der Waals surface area contributed by atoms with Crippen LogP contribution in [-0.2, 0) is 16.2 Å². The number of aryl methyl sites for hydroxylation is 1. The van der Waals surface area contributed by atoms with E-state index in [0.717, 1.165) is 0 Å². The maximum atomic E-state index is 13.3. The molecule has 0 radical (unpaired) electrons. The van der Waals surface area contributed by atoms with Crippen molar-refractivity contribution in [1.82, 2.24) is 9.97 Å². The molecule has 0 aliphatic heterocycles. The topological polar surface area (TPSA) is 113 Å². The van der Waals surface area contributed by atoms with E-state index >= 15 is 0 Å². The summed E-state index contributed by atoms with van der Waals surface area (Å²) in [5.74, 6) is 0. The fourth-order valence-corrected chi connectivity index (χ4v) is 4.28. The van der Waals surface area contributed by atoms with Gasteiger partial charge >= 0.3 is 6.18 Å². The molecule has 11 heteroatoms. The lowest BCUT2D eigenvalue weighted by Gasteiger charge is -2.08. The number of nitriles is 1. The first kappa shape index (κ1) is 17.4. The van der Waals surface area contributed by atoms with Crippen LogP contribution in [0.1, 0.15) is 16.8 Å².